The van der Waals surface area contributed by atoms with Crippen molar-refractivity contribution in [1.29, 1.82) is 0 Å². The number of hydrogen-bond acceptors (Lipinski definition) is 11. The highest BCUT2D eigenvalue weighted by Gasteiger charge is 2.62. The molecule has 312 valence electrons. The van der Waals surface area contributed by atoms with Gasteiger partial charge in [0.1, 0.15) is 17.7 Å². The molecular weight excluding hydrogens is 757 g/mol. The van der Waals surface area contributed by atoms with Crippen molar-refractivity contribution in [1.82, 2.24) is 30.7 Å². The SMILES string of the molecule is CC(C)(C)OC(=O)N1CCN(c2ccc3c(c2)C2(CC2)N(C2CCC(=O)NC2=O)C3=O)CC1.O=C1CCC(N2C(=O)c3ccc(N4CCNCC4)cc3C23CC3)C(=O)N1. The zero-order valence-corrected chi connectivity index (χ0v) is 33.9. The number of nitrogens with one attached hydrogen (secondary N) is 3. The largest absolute Gasteiger partial charge is 0.444 e. The Kier molecular flexibility index (Phi) is 9.48. The number of ether oxygens (including phenoxy) is 1. The number of fused-ring (bicyclic) bond motifs is 4. The van der Waals surface area contributed by atoms with Crippen molar-refractivity contribution in [3.8, 4) is 0 Å². The molecule has 2 spiro atoms. The van der Waals surface area contributed by atoms with E-state index in [1.807, 2.05) is 45.0 Å². The summed E-state index contributed by atoms with van der Waals surface area (Å²) >= 11 is 0. The van der Waals surface area contributed by atoms with Gasteiger partial charge in [0.05, 0.1) is 11.1 Å². The van der Waals surface area contributed by atoms with Gasteiger partial charge in [0.25, 0.3) is 11.8 Å². The van der Waals surface area contributed by atoms with Gasteiger partial charge in [-0.2, -0.15) is 0 Å². The second-order valence-corrected chi connectivity index (χ2v) is 18.0. The Hall–Kier alpha value is -5.51. The fourth-order valence-electron chi connectivity index (χ4n) is 9.90. The molecule has 0 bridgehead atoms. The number of piperazine rings is 2. The molecule has 2 unspecified atom stereocenters. The van der Waals surface area contributed by atoms with E-state index < -0.39 is 23.2 Å². The lowest BCUT2D eigenvalue weighted by molar-refractivity contribution is -0.139. The lowest BCUT2D eigenvalue weighted by Crippen LogP contribution is -2.55. The number of rotatable bonds is 4. The van der Waals surface area contributed by atoms with E-state index >= 15 is 0 Å². The third kappa shape index (κ3) is 6.88. The number of piperidine rings is 2. The first kappa shape index (κ1) is 39.0. The molecule has 16 nitrogen and oxygen atoms in total. The number of anilines is 2. The lowest BCUT2D eigenvalue weighted by atomic mass is 9.99. The lowest BCUT2D eigenvalue weighted by Gasteiger charge is -2.37. The van der Waals surface area contributed by atoms with Gasteiger partial charge >= 0.3 is 6.09 Å². The van der Waals surface area contributed by atoms with Crippen LogP contribution in [0.5, 0.6) is 0 Å². The predicted molar refractivity (Wildman–Crippen MR) is 214 cm³/mol. The van der Waals surface area contributed by atoms with Crippen LogP contribution in [0.15, 0.2) is 36.4 Å². The Morgan fingerprint density at radius 2 is 1.08 bits per heavy atom. The van der Waals surface area contributed by atoms with Crippen LogP contribution in [-0.4, -0.2) is 126 Å². The van der Waals surface area contributed by atoms with Crippen molar-refractivity contribution in [3.63, 3.8) is 0 Å². The second kappa shape index (κ2) is 14.3. The van der Waals surface area contributed by atoms with Gasteiger partial charge in [0.2, 0.25) is 23.6 Å². The molecule has 7 amide bonds. The molecule has 4 saturated heterocycles. The molecule has 6 aliphatic heterocycles. The van der Waals surface area contributed by atoms with Gasteiger partial charge in [0.15, 0.2) is 0 Å². The summed E-state index contributed by atoms with van der Waals surface area (Å²) < 4.78 is 5.48. The molecule has 0 aromatic heterocycles. The maximum atomic E-state index is 13.3. The Balaban J connectivity index is 0.000000156. The Morgan fingerprint density at radius 3 is 1.49 bits per heavy atom. The first-order valence-corrected chi connectivity index (χ1v) is 21.0. The Labute approximate surface area is 342 Å². The maximum Gasteiger partial charge on any atom is 0.410 e. The number of carbonyl (C=O) groups excluding carboxylic acids is 7. The van der Waals surface area contributed by atoms with Crippen LogP contribution in [0.25, 0.3) is 0 Å². The van der Waals surface area contributed by atoms with Gasteiger partial charge in [-0.1, -0.05) is 0 Å². The minimum absolute atomic E-state index is 0.0705. The Bertz CT molecular complexity index is 2140. The Morgan fingerprint density at radius 1 is 0.644 bits per heavy atom. The molecule has 2 aliphatic carbocycles. The van der Waals surface area contributed by atoms with E-state index in [0.717, 1.165) is 74.4 Å². The van der Waals surface area contributed by atoms with E-state index in [-0.39, 0.29) is 53.5 Å². The van der Waals surface area contributed by atoms with E-state index in [1.165, 1.54) is 0 Å². The van der Waals surface area contributed by atoms with Gasteiger partial charge in [-0.25, -0.2) is 4.79 Å². The van der Waals surface area contributed by atoms with E-state index in [1.54, 1.807) is 14.7 Å². The molecule has 2 aromatic rings. The summed E-state index contributed by atoms with van der Waals surface area (Å²) in [6, 6.07) is 10.8. The maximum absolute atomic E-state index is 13.3. The normalized spacial score (nSPS) is 25.4. The number of amides is 7. The van der Waals surface area contributed by atoms with Crippen molar-refractivity contribution in [2.24, 2.45) is 0 Å². The molecule has 2 aromatic carbocycles. The highest BCUT2D eigenvalue weighted by molar-refractivity contribution is 6.08. The van der Waals surface area contributed by atoms with Gasteiger partial charge in [0, 0.05) is 87.7 Å². The highest BCUT2D eigenvalue weighted by Crippen LogP contribution is 2.59. The number of nitrogens with zero attached hydrogens (tertiary/aromatic N) is 5. The summed E-state index contributed by atoms with van der Waals surface area (Å²) in [5, 5.41) is 8.14. The number of carbonyl (C=O) groups is 7. The highest BCUT2D eigenvalue weighted by atomic mass is 16.6. The van der Waals surface area contributed by atoms with Crippen LogP contribution in [-0.2, 0) is 35.0 Å². The van der Waals surface area contributed by atoms with E-state index in [4.69, 9.17) is 4.74 Å². The number of benzene rings is 2. The van der Waals surface area contributed by atoms with Gasteiger partial charge in [-0.05, 0) is 107 Å². The van der Waals surface area contributed by atoms with Gasteiger partial charge in [-0.3, -0.25) is 39.4 Å². The summed E-state index contributed by atoms with van der Waals surface area (Å²) in [6.07, 6.45) is 4.43. The minimum atomic E-state index is -0.606. The van der Waals surface area contributed by atoms with Crippen LogP contribution in [0.2, 0.25) is 0 Å². The molecule has 2 saturated carbocycles. The number of hydrogen-bond donors (Lipinski definition) is 3. The molecule has 6 heterocycles. The van der Waals surface area contributed by atoms with Crippen molar-refractivity contribution in [2.45, 2.75) is 101 Å². The quantitative estimate of drug-likeness (QED) is 0.386. The summed E-state index contributed by atoms with van der Waals surface area (Å²) in [7, 11) is 0. The zero-order chi connectivity index (χ0) is 41.4. The van der Waals surface area contributed by atoms with Gasteiger partial charge < -0.3 is 34.6 Å². The fourth-order valence-corrected chi connectivity index (χ4v) is 9.90. The van der Waals surface area contributed by atoms with E-state index in [0.29, 0.717) is 56.6 Å². The zero-order valence-electron chi connectivity index (χ0n) is 33.9. The van der Waals surface area contributed by atoms with Crippen LogP contribution in [0.1, 0.15) is 104 Å². The van der Waals surface area contributed by atoms with Crippen LogP contribution in [0, 0.1) is 0 Å². The summed E-state index contributed by atoms with van der Waals surface area (Å²) in [5.41, 5.74) is 4.25. The van der Waals surface area contributed by atoms with Crippen LogP contribution in [0.4, 0.5) is 16.2 Å². The molecule has 59 heavy (non-hydrogen) atoms. The molecule has 0 radical (unpaired) electrons. The first-order valence-electron chi connectivity index (χ1n) is 21.0. The van der Waals surface area contributed by atoms with Crippen molar-refractivity contribution < 1.29 is 38.3 Å². The summed E-state index contributed by atoms with van der Waals surface area (Å²) in [5.74, 6) is -1.44. The molecule has 10 rings (SSSR count). The van der Waals surface area contributed by atoms with E-state index in [2.05, 4.69) is 37.9 Å². The standard InChI is InChI=1S/C24H30N4O5.C19H22N4O3/c1-23(2,3)33-22(32)27-12-10-26(11-13-27)15-4-5-16-17(14-15)24(8-9-24)28(21(16)31)18-6-7-19(29)25-20(18)30;24-16-4-3-15(17(25)21-16)23-18(26)13-2-1-12(22-9-7-20-8-10-22)11-14(13)19(23)5-6-19/h4-5,14,18H,6-13H2,1-3H3,(H,25,29,30);1-2,11,15,20H,3-10H2,(H,21,24,25). The van der Waals surface area contributed by atoms with E-state index in [9.17, 15) is 33.6 Å². The predicted octanol–water partition coefficient (Wildman–Crippen LogP) is 2.34. The second-order valence-electron chi connectivity index (χ2n) is 18.0. The molecule has 8 aliphatic rings. The van der Waals surface area contributed by atoms with Crippen LogP contribution >= 0.6 is 0 Å². The number of imide groups is 2. The van der Waals surface area contributed by atoms with Crippen LogP contribution in [0.3, 0.4) is 0 Å². The summed E-state index contributed by atoms with van der Waals surface area (Å²) in [4.78, 5) is 96.5. The van der Waals surface area contributed by atoms with Crippen LogP contribution < -0.4 is 25.8 Å². The average molecular weight is 809 g/mol. The third-order valence-corrected chi connectivity index (χ3v) is 13.1. The molecule has 16 heteroatoms. The van der Waals surface area contributed by atoms with Gasteiger partial charge in [-0.15, -0.1) is 0 Å². The third-order valence-electron chi connectivity index (χ3n) is 13.1. The first-order chi connectivity index (χ1) is 28.2. The van der Waals surface area contributed by atoms with Crippen molar-refractivity contribution in [3.05, 3.63) is 58.7 Å². The molecule has 2 atom stereocenters. The average Bonchev–Trinajstić information content (AvgIpc) is 4.14. The summed E-state index contributed by atoms with van der Waals surface area (Å²) in [6.45, 7) is 11.9. The van der Waals surface area contributed by atoms with Crippen molar-refractivity contribution in [2.75, 3.05) is 62.2 Å². The molecule has 6 fully saturated rings. The molecule has 3 N–H and O–H groups in total. The molecular formula is C43H52N8O8. The van der Waals surface area contributed by atoms with Crippen molar-refractivity contribution >= 4 is 52.9 Å². The fraction of sp³-hybridized carbons (Fsp3) is 0.558. The monoisotopic (exact) mass is 808 g/mol. The minimum Gasteiger partial charge on any atom is -0.444 e. The smallest absolute Gasteiger partial charge is 0.410 e. The topological polar surface area (TPSA) is 181 Å².